The van der Waals surface area contributed by atoms with Gasteiger partial charge in [0.25, 0.3) is 0 Å². The van der Waals surface area contributed by atoms with E-state index in [9.17, 15) is 35.9 Å². The van der Waals surface area contributed by atoms with Crippen molar-refractivity contribution in [1.82, 2.24) is 0 Å². The van der Waals surface area contributed by atoms with E-state index in [1.54, 1.807) is 0 Å². The summed E-state index contributed by atoms with van der Waals surface area (Å²) in [5.41, 5.74) is -5.18. The van der Waals surface area contributed by atoms with E-state index >= 15 is 0 Å². The Bertz CT molecular complexity index is 910. The summed E-state index contributed by atoms with van der Waals surface area (Å²) in [6, 6.07) is 8.24. The lowest BCUT2D eigenvalue weighted by Gasteiger charge is -2.22. The van der Waals surface area contributed by atoms with Crippen LogP contribution in [0.2, 0.25) is 0 Å². The summed E-state index contributed by atoms with van der Waals surface area (Å²) < 4.78 is 94.2. The van der Waals surface area contributed by atoms with Crippen LogP contribution in [0, 0.1) is 5.92 Å². The zero-order valence-electron chi connectivity index (χ0n) is 17.7. The van der Waals surface area contributed by atoms with Crippen molar-refractivity contribution in [2.24, 2.45) is 5.92 Å². The third-order valence-electron chi connectivity index (χ3n) is 4.49. The third-order valence-corrected chi connectivity index (χ3v) is 4.49. The van der Waals surface area contributed by atoms with Gasteiger partial charge in [-0.3, -0.25) is 9.59 Å². The van der Waals surface area contributed by atoms with E-state index in [0.29, 0.717) is 24.6 Å². The minimum Gasteiger partial charge on any atom is -0.465 e. The zero-order chi connectivity index (χ0) is 25.4. The largest absolute Gasteiger partial charge is 0.465 e. The summed E-state index contributed by atoms with van der Waals surface area (Å²) in [6.07, 6.45) is -10.1. The van der Waals surface area contributed by atoms with E-state index in [4.69, 9.17) is 9.30 Å². The topological polar surface area (TPSA) is 60.4 Å². The highest BCUT2D eigenvalue weighted by Gasteiger charge is 2.45. The standard InChI is InChI=1S/C22H20F6O3.H2OP/c1-13(2)11-12-31-20(30)17(14-7-4-3-5-8-14)19(29)18-15(21(23,24)25)9-6-10-16(18)22(26,27)28;1-2/h3-10,13,17H,11-12H2,1-2H3;2H2/q;+1. The first-order valence-corrected chi connectivity index (χ1v) is 10.1. The number of Topliss-reactive ketones (excluding diaryl/α,β-unsaturated/α-hetero) is 1. The van der Waals surface area contributed by atoms with E-state index < -0.39 is 46.7 Å². The molecule has 180 valence electrons. The molecular weight excluding hydrogens is 473 g/mol. The molecule has 0 heterocycles. The van der Waals surface area contributed by atoms with Crippen LogP contribution in [0.1, 0.15) is 53.2 Å². The lowest BCUT2D eigenvalue weighted by molar-refractivity contribution is -0.146. The second kappa shape index (κ2) is 11.9. The summed E-state index contributed by atoms with van der Waals surface area (Å²) in [5.74, 6) is -4.68. The van der Waals surface area contributed by atoms with Gasteiger partial charge in [-0.1, -0.05) is 54.8 Å². The van der Waals surface area contributed by atoms with Crippen molar-refractivity contribution in [3.05, 3.63) is 70.8 Å². The van der Waals surface area contributed by atoms with Crippen molar-refractivity contribution in [1.29, 1.82) is 0 Å². The van der Waals surface area contributed by atoms with Gasteiger partial charge in [0.05, 0.1) is 17.7 Å². The Labute approximate surface area is 188 Å². The molecule has 0 saturated heterocycles. The predicted octanol–water partition coefficient (Wildman–Crippen LogP) is 6.49. The molecule has 2 unspecified atom stereocenters. The molecule has 0 fully saturated rings. The van der Waals surface area contributed by atoms with Crippen molar-refractivity contribution in [2.75, 3.05) is 6.61 Å². The van der Waals surface area contributed by atoms with E-state index in [0.717, 1.165) is 0 Å². The highest BCUT2D eigenvalue weighted by molar-refractivity contribution is 7.00. The van der Waals surface area contributed by atoms with Gasteiger partial charge >= 0.3 is 27.4 Å². The lowest BCUT2D eigenvalue weighted by atomic mass is 9.85. The van der Waals surface area contributed by atoms with Gasteiger partial charge in [0.1, 0.15) is 5.92 Å². The second-order valence-electron chi connectivity index (χ2n) is 7.28. The van der Waals surface area contributed by atoms with Crippen molar-refractivity contribution >= 4 is 20.9 Å². The van der Waals surface area contributed by atoms with E-state index in [1.165, 1.54) is 39.5 Å². The van der Waals surface area contributed by atoms with Gasteiger partial charge < -0.3 is 4.74 Å². The van der Waals surface area contributed by atoms with Crippen molar-refractivity contribution < 1.29 is 45.2 Å². The SMILES string of the molecule is CC(C)CCOC(=O)C(C(=O)c1c(C(F)(F)F)cccc1C(F)(F)F)c1ccccc1.O=[PH2+]. The maximum Gasteiger partial charge on any atom is 0.417 e. The lowest BCUT2D eigenvalue weighted by Crippen LogP contribution is -2.29. The first kappa shape index (κ1) is 28.3. The second-order valence-corrected chi connectivity index (χ2v) is 7.28. The quantitative estimate of drug-likeness (QED) is 0.145. The molecule has 0 spiro atoms. The summed E-state index contributed by atoms with van der Waals surface area (Å²) in [4.78, 5) is 25.8. The van der Waals surface area contributed by atoms with Crippen LogP contribution in [-0.4, -0.2) is 18.4 Å². The molecule has 0 N–H and O–H groups in total. The number of benzene rings is 2. The Morgan fingerprint density at radius 3 is 1.76 bits per heavy atom. The van der Waals surface area contributed by atoms with Gasteiger partial charge in [0.2, 0.25) is 0 Å². The number of carbonyl (C=O) groups excluding carboxylic acids is 2. The normalized spacial score (nSPS) is 12.5. The van der Waals surface area contributed by atoms with Crippen molar-refractivity contribution in [2.45, 2.75) is 38.5 Å². The van der Waals surface area contributed by atoms with Crippen LogP contribution < -0.4 is 0 Å². The van der Waals surface area contributed by atoms with Crippen LogP contribution in [0.5, 0.6) is 0 Å². The van der Waals surface area contributed by atoms with Crippen LogP contribution >= 0.6 is 9.12 Å². The van der Waals surface area contributed by atoms with Gasteiger partial charge in [0, 0.05) is 5.56 Å². The minimum atomic E-state index is -5.24. The minimum absolute atomic E-state index is 0.0628. The molecule has 0 aliphatic rings. The van der Waals surface area contributed by atoms with E-state index in [-0.39, 0.29) is 18.1 Å². The number of halogens is 6. The number of esters is 1. The van der Waals surface area contributed by atoms with Crippen molar-refractivity contribution in [3.8, 4) is 0 Å². The van der Waals surface area contributed by atoms with Crippen LogP contribution in [0.15, 0.2) is 48.5 Å². The molecule has 2 rings (SSSR count). The molecule has 0 aromatic heterocycles. The Balaban J connectivity index is 0.00000265. The van der Waals surface area contributed by atoms with Gasteiger partial charge in [-0.25, -0.2) is 0 Å². The fourth-order valence-corrected chi connectivity index (χ4v) is 2.95. The molecule has 11 heteroatoms. The van der Waals surface area contributed by atoms with Gasteiger partial charge in [-0.2, -0.15) is 26.3 Å². The fourth-order valence-electron chi connectivity index (χ4n) is 2.95. The summed E-state index contributed by atoms with van der Waals surface area (Å²) in [5, 5.41) is 0. The zero-order valence-corrected chi connectivity index (χ0v) is 18.8. The monoisotopic (exact) mass is 495 g/mol. The molecule has 0 amide bonds. The number of ether oxygens (including phenoxy) is 1. The molecule has 4 nitrogen and oxygen atoms in total. The molecule has 2 aromatic rings. The summed E-state index contributed by atoms with van der Waals surface area (Å²) in [7, 11) is 1.17. The molecule has 0 aliphatic heterocycles. The summed E-state index contributed by atoms with van der Waals surface area (Å²) >= 11 is 0. The maximum atomic E-state index is 13.5. The highest BCUT2D eigenvalue weighted by Crippen LogP contribution is 2.41. The molecule has 2 aromatic carbocycles. The molecular formula is C22H22F6O4P+. The van der Waals surface area contributed by atoms with E-state index in [2.05, 4.69) is 0 Å². The molecule has 0 bridgehead atoms. The Morgan fingerprint density at radius 1 is 0.848 bits per heavy atom. The van der Waals surface area contributed by atoms with Gasteiger partial charge in [0.15, 0.2) is 5.78 Å². The first-order chi connectivity index (χ1) is 15.3. The average Bonchev–Trinajstić information content (AvgIpc) is 2.74. The molecule has 2 atom stereocenters. The number of ketones is 1. The number of carbonyl (C=O) groups is 2. The molecule has 33 heavy (non-hydrogen) atoms. The van der Waals surface area contributed by atoms with Crippen LogP contribution in [0.4, 0.5) is 26.3 Å². The Morgan fingerprint density at radius 2 is 1.33 bits per heavy atom. The maximum absolute atomic E-state index is 13.5. The smallest absolute Gasteiger partial charge is 0.417 e. The van der Waals surface area contributed by atoms with Crippen molar-refractivity contribution in [3.63, 3.8) is 0 Å². The first-order valence-electron chi connectivity index (χ1n) is 9.60. The number of alkyl halides is 6. The predicted molar refractivity (Wildman–Crippen MR) is 111 cm³/mol. The van der Waals surface area contributed by atoms with Gasteiger partial charge in [-0.15, -0.1) is 0 Å². The molecule has 0 aliphatic carbocycles. The van der Waals surface area contributed by atoms with E-state index in [1.807, 2.05) is 13.8 Å². The molecule has 0 saturated carbocycles. The molecule has 0 radical (unpaired) electrons. The number of rotatable bonds is 7. The van der Waals surface area contributed by atoms with Crippen LogP contribution in [0.3, 0.4) is 0 Å². The summed E-state index contributed by atoms with van der Waals surface area (Å²) in [6.45, 7) is 3.55. The highest BCUT2D eigenvalue weighted by atomic mass is 31.0. The third kappa shape index (κ3) is 7.67. The Hall–Kier alpha value is -2.74. The van der Waals surface area contributed by atoms with Crippen LogP contribution in [-0.2, 0) is 26.4 Å². The number of hydrogen-bond acceptors (Lipinski definition) is 4. The average molecular weight is 495 g/mol. The van der Waals surface area contributed by atoms with Crippen LogP contribution in [0.25, 0.3) is 0 Å². The fraction of sp³-hybridized carbons (Fsp3) is 0.364. The number of hydrogen-bond donors (Lipinski definition) is 0. The van der Waals surface area contributed by atoms with Gasteiger partial charge in [-0.05, 0) is 30.0 Å². The Kier molecular flexibility index (Phi) is 10.2.